The Kier molecular flexibility index (Phi) is 5.23. The van der Waals surface area contributed by atoms with E-state index in [1.807, 2.05) is 13.8 Å². The van der Waals surface area contributed by atoms with Crippen LogP contribution < -0.4 is 5.73 Å². The van der Waals surface area contributed by atoms with E-state index in [2.05, 4.69) is 10.3 Å². The Morgan fingerprint density at radius 3 is 2.60 bits per heavy atom. The van der Waals surface area contributed by atoms with Gasteiger partial charge in [-0.05, 0) is 13.8 Å². The molecule has 0 spiro atoms. The number of rotatable bonds is 7. The zero-order valence-electron chi connectivity index (χ0n) is 9.22. The van der Waals surface area contributed by atoms with Crippen molar-refractivity contribution in [1.82, 2.24) is 15.0 Å². The summed E-state index contributed by atoms with van der Waals surface area (Å²) in [6.45, 7) is 6.14. The van der Waals surface area contributed by atoms with E-state index in [-0.39, 0.29) is 0 Å². The minimum Gasteiger partial charge on any atom is -0.347 e. The van der Waals surface area contributed by atoms with E-state index in [4.69, 9.17) is 15.2 Å². The molecule has 0 radical (unpaired) electrons. The maximum absolute atomic E-state index is 5.47. The van der Waals surface area contributed by atoms with E-state index in [1.54, 1.807) is 10.9 Å². The second-order valence-corrected chi connectivity index (χ2v) is 2.91. The minimum absolute atomic E-state index is 0.401. The van der Waals surface area contributed by atoms with Gasteiger partial charge in [0.2, 0.25) is 6.29 Å². The lowest BCUT2D eigenvalue weighted by atomic mass is 10.4. The van der Waals surface area contributed by atoms with Crippen LogP contribution in [0.5, 0.6) is 0 Å². The molecule has 0 fully saturated rings. The molecule has 1 aromatic heterocycles. The average molecular weight is 214 g/mol. The standard InChI is InChI=1S/C9H18N4O2/c1-3-14-9(15-4-2)8-7-11-12-13(8)6-5-10/h7,9H,3-6,10H2,1-2H3. The molecule has 6 heteroatoms. The maximum atomic E-state index is 5.47. The van der Waals surface area contributed by atoms with Gasteiger partial charge in [-0.25, -0.2) is 4.68 Å². The molecule has 0 saturated carbocycles. The molecule has 0 saturated heterocycles. The maximum Gasteiger partial charge on any atom is 0.202 e. The first kappa shape index (κ1) is 12.1. The van der Waals surface area contributed by atoms with Gasteiger partial charge in [0.1, 0.15) is 5.69 Å². The summed E-state index contributed by atoms with van der Waals surface area (Å²) in [5, 5.41) is 7.74. The second kappa shape index (κ2) is 6.49. The molecule has 1 rings (SSSR count). The van der Waals surface area contributed by atoms with Gasteiger partial charge in [0.25, 0.3) is 0 Å². The van der Waals surface area contributed by atoms with Crippen LogP contribution in [0.2, 0.25) is 0 Å². The van der Waals surface area contributed by atoms with Gasteiger partial charge < -0.3 is 15.2 Å². The molecule has 0 amide bonds. The molecule has 1 heterocycles. The highest BCUT2D eigenvalue weighted by molar-refractivity contribution is 4.96. The number of aromatic nitrogens is 3. The molecule has 0 aliphatic rings. The van der Waals surface area contributed by atoms with Gasteiger partial charge in [-0.1, -0.05) is 5.21 Å². The Balaban J connectivity index is 2.74. The van der Waals surface area contributed by atoms with Crippen LogP contribution in [0, 0.1) is 0 Å². The van der Waals surface area contributed by atoms with E-state index >= 15 is 0 Å². The highest BCUT2D eigenvalue weighted by atomic mass is 16.7. The summed E-state index contributed by atoms with van der Waals surface area (Å²) in [6, 6.07) is 0. The van der Waals surface area contributed by atoms with E-state index in [0.29, 0.717) is 26.3 Å². The molecule has 0 atom stereocenters. The van der Waals surface area contributed by atoms with E-state index in [0.717, 1.165) is 5.69 Å². The van der Waals surface area contributed by atoms with Crippen molar-refractivity contribution in [3.05, 3.63) is 11.9 Å². The average Bonchev–Trinajstić information content (AvgIpc) is 2.66. The molecule has 86 valence electrons. The molecule has 1 aromatic rings. The number of ether oxygens (including phenoxy) is 2. The van der Waals surface area contributed by atoms with Crippen molar-refractivity contribution in [2.45, 2.75) is 26.7 Å². The summed E-state index contributed by atoms with van der Waals surface area (Å²) in [6.07, 6.45) is 1.24. The number of nitrogens with two attached hydrogens (primary N) is 1. The predicted molar refractivity (Wildman–Crippen MR) is 55.1 cm³/mol. The molecule has 0 unspecified atom stereocenters. The third kappa shape index (κ3) is 3.26. The molecule has 0 aliphatic carbocycles. The van der Waals surface area contributed by atoms with E-state index < -0.39 is 6.29 Å². The SMILES string of the molecule is CCOC(OCC)c1cnnn1CCN. The lowest BCUT2D eigenvalue weighted by Gasteiger charge is -2.17. The highest BCUT2D eigenvalue weighted by Crippen LogP contribution is 2.17. The smallest absolute Gasteiger partial charge is 0.202 e. The topological polar surface area (TPSA) is 75.2 Å². The molecular weight excluding hydrogens is 196 g/mol. The summed E-state index contributed by atoms with van der Waals surface area (Å²) < 4.78 is 12.6. The van der Waals surface area contributed by atoms with Crippen LogP contribution in [-0.2, 0) is 16.0 Å². The molecule has 0 aliphatic heterocycles. The Bertz CT molecular complexity index is 271. The lowest BCUT2D eigenvalue weighted by Crippen LogP contribution is -2.18. The third-order valence-electron chi connectivity index (χ3n) is 1.87. The minimum atomic E-state index is -0.401. The van der Waals surface area contributed by atoms with Gasteiger partial charge in [0, 0.05) is 19.8 Å². The first-order valence-electron chi connectivity index (χ1n) is 5.15. The third-order valence-corrected chi connectivity index (χ3v) is 1.87. The van der Waals surface area contributed by atoms with Crippen LogP contribution in [-0.4, -0.2) is 34.8 Å². The fourth-order valence-corrected chi connectivity index (χ4v) is 1.27. The number of hydrogen-bond donors (Lipinski definition) is 1. The first-order valence-corrected chi connectivity index (χ1v) is 5.15. The predicted octanol–water partition coefficient (Wildman–Crippen LogP) is 0.308. The Labute approximate surface area is 89.3 Å². The number of nitrogens with zero attached hydrogens (tertiary/aromatic N) is 3. The van der Waals surface area contributed by atoms with Crippen LogP contribution in [0.15, 0.2) is 6.20 Å². The zero-order chi connectivity index (χ0) is 11.1. The van der Waals surface area contributed by atoms with Gasteiger partial charge in [0.15, 0.2) is 0 Å². The van der Waals surface area contributed by atoms with Gasteiger partial charge in [-0.15, -0.1) is 5.10 Å². The molecular formula is C9H18N4O2. The zero-order valence-corrected chi connectivity index (χ0v) is 9.22. The van der Waals surface area contributed by atoms with Gasteiger partial charge >= 0.3 is 0 Å². The van der Waals surface area contributed by atoms with Crippen LogP contribution in [0.1, 0.15) is 25.8 Å². The molecule has 0 aromatic carbocycles. The van der Waals surface area contributed by atoms with Gasteiger partial charge in [-0.2, -0.15) is 0 Å². The fourth-order valence-electron chi connectivity index (χ4n) is 1.27. The Hall–Kier alpha value is -0.980. The Morgan fingerprint density at radius 1 is 1.40 bits per heavy atom. The van der Waals surface area contributed by atoms with Crippen LogP contribution >= 0.6 is 0 Å². The summed E-state index contributed by atoms with van der Waals surface area (Å²) in [4.78, 5) is 0. The normalized spacial score (nSPS) is 11.2. The van der Waals surface area contributed by atoms with E-state index in [9.17, 15) is 0 Å². The highest BCUT2D eigenvalue weighted by Gasteiger charge is 2.16. The summed E-state index contributed by atoms with van der Waals surface area (Å²) in [5.41, 5.74) is 6.28. The molecule has 6 nitrogen and oxygen atoms in total. The van der Waals surface area contributed by atoms with Crippen molar-refractivity contribution in [3.63, 3.8) is 0 Å². The summed E-state index contributed by atoms with van der Waals surface area (Å²) in [7, 11) is 0. The molecule has 0 bridgehead atoms. The fraction of sp³-hybridized carbons (Fsp3) is 0.778. The van der Waals surface area contributed by atoms with Gasteiger partial charge in [-0.3, -0.25) is 0 Å². The number of hydrogen-bond acceptors (Lipinski definition) is 5. The quantitative estimate of drug-likeness (QED) is 0.661. The summed E-state index contributed by atoms with van der Waals surface area (Å²) >= 11 is 0. The van der Waals surface area contributed by atoms with Crippen molar-refractivity contribution < 1.29 is 9.47 Å². The molecule has 15 heavy (non-hydrogen) atoms. The van der Waals surface area contributed by atoms with Crippen molar-refractivity contribution in [2.24, 2.45) is 5.73 Å². The van der Waals surface area contributed by atoms with Crippen molar-refractivity contribution in [1.29, 1.82) is 0 Å². The van der Waals surface area contributed by atoms with Crippen molar-refractivity contribution in [3.8, 4) is 0 Å². The summed E-state index contributed by atoms with van der Waals surface area (Å²) in [5.74, 6) is 0. The first-order chi connectivity index (χ1) is 7.33. The largest absolute Gasteiger partial charge is 0.347 e. The second-order valence-electron chi connectivity index (χ2n) is 2.91. The van der Waals surface area contributed by atoms with Crippen molar-refractivity contribution in [2.75, 3.05) is 19.8 Å². The van der Waals surface area contributed by atoms with Gasteiger partial charge in [0.05, 0.1) is 12.7 Å². The van der Waals surface area contributed by atoms with Crippen LogP contribution in [0.25, 0.3) is 0 Å². The van der Waals surface area contributed by atoms with E-state index in [1.165, 1.54) is 0 Å². The van der Waals surface area contributed by atoms with Crippen LogP contribution in [0.3, 0.4) is 0 Å². The lowest BCUT2D eigenvalue weighted by molar-refractivity contribution is -0.144. The van der Waals surface area contributed by atoms with Crippen LogP contribution in [0.4, 0.5) is 0 Å². The molecule has 2 N–H and O–H groups in total. The Morgan fingerprint density at radius 2 is 2.07 bits per heavy atom. The van der Waals surface area contributed by atoms with Crippen molar-refractivity contribution >= 4 is 0 Å². The monoisotopic (exact) mass is 214 g/mol.